The van der Waals surface area contributed by atoms with Crippen LogP contribution in [-0.2, 0) is 0 Å². The maximum atomic E-state index is 5.94. The Morgan fingerprint density at radius 2 is 2.08 bits per heavy atom. The Morgan fingerprint density at radius 1 is 1.33 bits per heavy atom. The number of hydrogen-bond acceptors (Lipinski definition) is 2. The van der Waals surface area contributed by atoms with E-state index in [9.17, 15) is 0 Å². The molecule has 0 saturated heterocycles. The van der Waals surface area contributed by atoms with E-state index in [0.717, 1.165) is 12.5 Å². The van der Waals surface area contributed by atoms with Crippen LogP contribution in [0.5, 0.6) is 0 Å². The molecule has 0 spiro atoms. The molecule has 2 rings (SSSR count). The average Bonchev–Trinajstić information content (AvgIpc) is 2.88. The molecule has 3 N–H and O–H groups in total. The summed E-state index contributed by atoms with van der Waals surface area (Å²) in [6.45, 7) is 2.22. The molecule has 0 amide bonds. The SMILES string of the molecule is NC1(CNCCCC2CC2)CC1. The second-order valence-electron chi connectivity index (χ2n) is 4.62. The molecule has 0 atom stereocenters. The van der Waals surface area contributed by atoms with Gasteiger partial charge in [0.2, 0.25) is 0 Å². The maximum Gasteiger partial charge on any atom is 0.0282 e. The van der Waals surface area contributed by atoms with Crippen LogP contribution in [0.25, 0.3) is 0 Å². The highest BCUT2D eigenvalue weighted by molar-refractivity contribution is 5.00. The van der Waals surface area contributed by atoms with Gasteiger partial charge in [0.25, 0.3) is 0 Å². The van der Waals surface area contributed by atoms with Crippen LogP contribution in [0.4, 0.5) is 0 Å². The van der Waals surface area contributed by atoms with E-state index in [1.807, 2.05) is 0 Å². The number of nitrogens with one attached hydrogen (secondary N) is 1. The fourth-order valence-electron chi connectivity index (χ4n) is 1.60. The minimum atomic E-state index is 0.194. The van der Waals surface area contributed by atoms with Crippen molar-refractivity contribution in [2.24, 2.45) is 11.7 Å². The molecule has 2 nitrogen and oxygen atoms in total. The van der Waals surface area contributed by atoms with Crippen LogP contribution in [0.2, 0.25) is 0 Å². The highest BCUT2D eigenvalue weighted by Gasteiger charge is 2.37. The fraction of sp³-hybridized carbons (Fsp3) is 1.00. The Kier molecular flexibility index (Phi) is 2.37. The van der Waals surface area contributed by atoms with E-state index in [1.165, 1.54) is 45.1 Å². The molecule has 2 aliphatic rings. The smallest absolute Gasteiger partial charge is 0.0282 e. The van der Waals surface area contributed by atoms with Gasteiger partial charge in [-0.3, -0.25) is 0 Å². The van der Waals surface area contributed by atoms with Crippen molar-refractivity contribution in [1.82, 2.24) is 5.32 Å². The van der Waals surface area contributed by atoms with Crippen molar-refractivity contribution in [2.75, 3.05) is 13.1 Å². The molecule has 0 radical (unpaired) electrons. The highest BCUT2D eigenvalue weighted by atomic mass is 15.0. The molecule has 70 valence electrons. The second kappa shape index (κ2) is 3.35. The molecule has 2 fully saturated rings. The molecule has 0 heterocycles. The minimum Gasteiger partial charge on any atom is -0.324 e. The third kappa shape index (κ3) is 2.76. The normalized spacial score (nSPS) is 25.8. The Bertz CT molecular complexity index is 148. The molecular formula is C10H20N2. The maximum absolute atomic E-state index is 5.94. The number of rotatable bonds is 6. The fourth-order valence-corrected chi connectivity index (χ4v) is 1.60. The van der Waals surface area contributed by atoms with Crippen molar-refractivity contribution in [2.45, 2.75) is 44.1 Å². The lowest BCUT2D eigenvalue weighted by Gasteiger charge is -2.09. The van der Waals surface area contributed by atoms with Crippen LogP contribution in [0.15, 0.2) is 0 Å². The molecule has 0 aromatic carbocycles. The molecular weight excluding hydrogens is 148 g/mol. The average molecular weight is 168 g/mol. The third-order valence-corrected chi connectivity index (χ3v) is 3.03. The predicted octanol–water partition coefficient (Wildman–Crippen LogP) is 1.26. The van der Waals surface area contributed by atoms with Crippen molar-refractivity contribution < 1.29 is 0 Å². The zero-order valence-electron chi connectivity index (χ0n) is 7.81. The zero-order valence-corrected chi connectivity index (χ0v) is 7.81. The summed E-state index contributed by atoms with van der Waals surface area (Å²) in [5, 5.41) is 3.45. The van der Waals surface area contributed by atoms with Crippen LogP contribution in [0, 0.1) is 5.92 Å². The van der Waals surface area contributed by atoms with Crippen molar-refractivity contribution in [3.05, 3.63) is 0 Å². The van der Waals surface area contributed by atoms with Gasteiger partial charge in [0.1, 0.15) is 0 Å². The molecule has 2 heteroatoms. The lowest BCUT2D eigenvalue weighted by molar-refractivity contribution is 0.538. The van der Waals surface area contributed by atoms with Crippen LogP contribution in [0.1, 0.15) is 38.5 Å². The predicted molar refractivity (Wildman–Crippen MR) is 51.0 cm³/mol. The Balaban J connectivity index is 1.41. The van der Waals surface area contributed by atoms with Gasteiger partial charge < -0.3 is 11.1 Å². The number of nitrogens with two attached hydrogens (primary N) is 1. The summed E-state index contributed by atoms with van der Waals surface area (Å²) in [6, 6.07) is 0. The second-order valence-corrected chi connectivity index (χ2v) is 4.62. The van der Waals surface area contributed by atoms with E-state index in [2.05, 4.69) is 5.32 Å². The standard InChI is InChI=1S/C10H20N2/c11-10(5-6-10)8-12-7-1-2-9-3-4-9/h9,12H,1-8,11H2. The summed E-state index contributed by atoms with van der Waals surface area (Å²) in [6.07, 6.45) is 8.21. The zero-order chi connectivity index (χ0) is 8.44. The Hall–Kier alpha value is -0.0800. The molecule has 0 aliphatic heterocycles. The van der Waals surface area contributed by atoms with Gasteiger partial charge in [0.15, 0.2) is 0 Å². The largest absolute Gasteiger partial charge is 0.324 e. The van der Waals surface area contributed by atoms with Gasteiger partial charge in [0, 0.05) is 12.1 Å². The van der Waals surface area contributed by atoms with E-state index in [1.54, 1.807) is 0 Å². The van der Waals surface area contributed by atoms with Gasteiger partial charge >= 0.3 is 0 Å². The van der Waals surface area contributed by atoms with Crippen LogP contribution in [0.3, 0.4) is 0 Å². The minimum absolute atomic E-state index is 0.194. The topological polar surface area (TPSA) is 38.0 Å². The third-order valence-electron chi connectivity index (χ3n) is 3.03. The van der Waals surface area contributed by atoms with Crippen molar-refractivity contribution in [3.63, 3.8) is 0 Å². The van der Waals surface area contributed by atoms with Gasteiger partial charge in [-0.25, -0.2) is 0 Å². The van der Waals surface area contributed by atoms with Crippen molar-refractivity contribution in [1.29, 1.82) is 0 Å². The first kappa shape index (κ1) is 8.52. The van der Waals surface area contributed by atoms with Gasteiger partial charge in [-0.2, -0.15) is 0 Å². The first-order chi connectivity index (χ1) is 5.79. The van der Waals surface area contributed by atoms with E-state index in [-0.39, 0.29) is 5.54 Å². The summed E-state index contributed by atoms with van der Waals surface area (Å²) >= 11 is 0. The van der Waals surface area contributed by atoms with E-state index in [4.69, 9.17) is 5.73 Å². The van der Waals surface area contributed by atoms with Gasteiger partial charge in [-0.1, -0.05) is 12.8 Å². The van der Waals surface area contributed by atoms with Crippen LogP contribution >= 0.6 is 0 Å². The summed E-state index contributed by atoms with van der Waals surface area (Å²) < 4.78 is 0. The highest BCUT2D eigenvalue weighted by Crippen LogP contribution is 2.33. The molecule has 12 heavy (non-hydrogen) atoms. The summed E-state index contributed by atoms with van der Waals surface area (Å²) in [4.78, 5) is 0. The molecule has 0 unspecified atom stereocenters. The summed E-state index contributed by atoms with van der Waals surface area (Å²) in [5.74, 6) is 1.08. The molecule has 0 bridgehead atoms. The van der Waals surface area contributed by atoms with E-state index in [0.29, 0.717) is 0 Å². The monoisotopic (exact) mass is 168 g/mol. The van der Waals surface area contributed by atoms with E-state index < -0.39 is 0 Å². The molecule has 0 aromatic rings. The summed E-state index contributed by atoms with van der Waals surface area (Å²) in [5.41, 5.74) is 6.13. The van der Waals surface area contributed by atoms with Gasteiger partial charge in [-0.15, -0.1) is 0 Å². The Labute approximate surface area is 74.9 Å². The molecule has 2 saturated carbocycles. The van der Waals surface area contributed by atoms with Gasteiger partial charge in [0.05, 0.1) is 0 Å². The summed E-state index contributed by atoms with van der Waals surface area (Å²) in [7, 11) is 0. The lowest BCUT2D eigenvalue weighted by Crippen LogP contribution is -2.36. The molecule has 2 aliphatic carbocycles. The lowest BCUT2D eigenvalue weighted by atomic mass is 10.2. The molecule has 0 aromatic heterocycles. The number of hydrogen-bond donors (Lipinski definition) is 2. The van der Waals surface area contributed by atoms with E-state index >= 15 is 0 Å². The Morgan fingerprint density at radius 3 is 2.67 bits per heavy atom. The van der Waals surface area contributed by atoms with Crippen molar-refractivity contribution in [3.8, 4) is 0 Å². The van der Waals surface area contributed by atoms with Crippen LogP contribution < -0.4 is 11.1 Å². The quantitative estimate of drug-likeness (QED) is 0.586. The van der Waals surface area contributed by atoms with Crippen molar-refractivity contribution >= 4 is 0 Å². The first-order valence-corrected chi connectivity index (χ1v) is 5.28. The van der Waals surface area contributed by atoms with Gasteiger partial charge in [-0.05, 0) is 38.1 Å². The first-order valence-electron chi connectivity index (χ1n) is 5.28. The van der Waals surface area contributed by atoms with Crippen LogP contribution in [-0.4, -0.2) is 18.6 Å².